The first kappa shape index (κ1) is 29.3. The third kappa shape index (κ3) is 4.64. The molecular weight excluding hydrogens is 597 g/mol. The Kier molecular flexibility index (Phi) is 6.84. The van der Waals surface area contributed by atoms with E-state index in [0.29, 0.717) is 11.8 Å². The number of para-hydroxylation sites is 4. The molecule has 0 unspecified atom stereocenters. The Morgan fingerprint density at radius 3 is 1.82 bits per heavy atom. The van der Waals surface area contributed by atoms with Gasteiger partial charge < -0.3 is 14.6 Å². The van der Waals surface area contributed by atoms with Crippen molar-refractivity contribution in [3.63, 3.8) is 0 Å². The van der Waals surface area contributed by atoms with E-state index in [-0.39, 0.29) is 0 Å². The van der Waals surface area contributed by atoms with E-state index in [2.05, 4.69) is 171 Å². The van der Waals surface area contributed by atoms with Gasteiger partial charge in [-0.05, 0) is 93.0 Å². The molecule has 0 saturated heterocycles. The zero-order chi connectivity index (χ0) is 33.2. The highest BCUT2D eigenvalue weighted by molar-refractivity contribution is 6.29. The van der Waals surface area contributed by atoms with Crippen LogP contribution in [0.25, 0.3) is 54.3 Å². The van der Waals surface area contributed by atoms with Crippen molar-refractivity contribution < 1.29 is 4.42 Å². The molecule has 0 radical (unpaired) electrons. The minimum atomic E-state index is 0.314. The third-order valence-corrected chi connectivity index (χ3v) is 10.1. The predicted molar refractivity (Wildman–Crippen MR) is 210 cm³/mol. The summed E-state index contributed by atoms with van der Waals surface area (Å²) in [6, 6.07) is 50.3. The monoisotopic (exact) mass is 634 g/mol. The second kappa shape index (κ2) is 11.4. The van der Waals surface area contributed by atoms with Crippen LogP contribution in [0.2, 0.25) is 0 Å². The van der Waals surface area contributed by atoms with Crippen LogP contribution in [-0.2, 0) is 0 Å². The standard InChI is InChI=1S/C46H38N2O/c1-28(2)38-26-40(47-30-14-7-5-8-15-30)36-24-22-34-39(29(3)4)27-42(37-25-23-33(38)44(36)45(34)37)48(31-16-9-6-10-17-31)41-20-13-19-35-32-18-11-12-21-43(32)49-46(35)41/h5-29,47H,1-4H3. The molecule has 0 saturated carbocycles. The van der Waals surface area contributed by atoms with Crippen molar-refractivity contribution in [1.82, 2.24) is 0 Å². The topological polar surface area (TPSA) is 28.4 Å². The SMILES string of the molecule is CC(C)c1cc(Nc2ccccc2)c2ccc3c(C(C)C)cc(N(c4ccccc4)c4cccc5c4oc4ccccc45)c4ccc1c2c34. The first-order valence-electron chi connectivity index (χ1n) is 17.3. The van der Waals surface area contributed by atoms with Crippen LogP contribution in [0.15, 0.2) is 144 Å². The number of fused-ring (bicyclic) bond motifs is 3. The summed E-state index contributed by atoms with van der Waals surface area (Å²) in [6.45, 7) is 9.22. The van der Waals surface area contributed by atoms with E-state index < -0.39 is 0 Å². The average Bonchev–Trinajstić information content (AvgIpc) is 3.51. The van der Waals surface area contributed by atoms with Crippen molar-refractivity contribution in [3.8, 4) is 0 Å². The molecule has 0 spiro atoms. The lowest BCUT2D eigenvalue weighted by Crippen LogP contribution is -2.12. The molecule has 9 rings (SSSR count). The summed E-state index contributed by atoms with van der Waals surface area (Å²) in [7, 11) is 0. The van der Waals surface area contributed by atoms with E-state index in [1.165, 1.54) is 43.4 Å². The van der Waals surface area contributed by atoms with Gasteiger partial charge >= 0.3 is 0 Å². The zero-order valence-corrected chi connectivity index (χ0v) is 28.3. The maximum atomic E-state index is 6.67. The Morgan fingerprint density at radius 2 is 1.08 bits per heavy atom. The van der Waals surface area contributed by atoms with E-state index in [1.807, 2.05) is 6.07 Å². The molecule has 1 heterocycles. The molecule has 1 aromatic heterocycles. The molecule has 0 amide bonds. The molecule has 3 nitrogen and oxygen atoms in total. The van der Waals surface area contributed by atoms with Gasteiger partial charge in [0.1, 0.15) is 5.58 Å². The number of nitrogens with one attached hydrogen (secondary N) is 1. The lowest BCUT2D eigenvalue weighted by molar-refractivity contribution is 0.669. The Hall–Kier alpha value is -5.80. The van der Waals surface area contributed by atoms with Gasteiger partial charge in [-0.3, -0.25) is 0 Å². The molecule has 3 heteroatoms. The summed E-state index contributed by atoms with van der Waals surface area (Å²) in [5.41, 5.74) is 9.97. The summed E-state index contributed by atoms with van der Waals surface area (Å²) in [5.74, 6) is 0.672. The maximum absolute atomic E-state index is 6.67. The Balaban J connectivity index is 1.41. The number of hydrogen-bond donors (Lipinski definition) is 1. The molecule has 0 atom stereocenters. The molecule has 0 bridgehead atoms. The van der Waals surface area contributed by atoms with E-state index in [0.717, 1.165) is 50.4 Å². The molecule has 0 aliphatic heterocycles. The summed E-state index contributed by atoms with van der Waals surface area (Å²) in [4.78, 5) is 2.41. The van der Waals surface area contributed by atoms with E-state index in [9.17, 15) is 0 Å². The van der Waals surface area contributed by atoms with Crippen molar-refractivity contribution in [2.45, 2.75) is 39.5 Å². The van der Waals surface area contributed by atoms with Crippen LogP contribution in [0, 0.1) is 0 Å². The summed E-state index contributed by atoms with van der Waals surface area (Å²) >= 11 is 0. The summed E-state index contributed by atoms with van der Waals surface area (Å²) in [6.07, 6.45) is 0. The van der Waals surface area contributed by atoms with Gasteiger partial charge in [0.05, 0.1) is 11.4 Å². The molecule has 8 aromatic carbocycles. The number of hydrogen-bond acceptors (Lipinski definition) is 3. The van der Waals surface area contributed by atoms with Crippen molar-refractivity contribution >= 4 is 82.7 Å². The molecule has 238 valence electrons. The Bertz CT molecular complexity index is 2630. The quantitative estimate of drug-likeness (QED) is 0.177. The fraction of sp³-hybridized carbons (Fsp3) is 0.130. The fourth-order valence-corrected chi connectivity index (χ4v) is 7.84. The maximum Gasteiger partial charge on any atom is 0.159 e. The number of benzene rings is 8. The predicted octanol–water partition coefficient (Wildman–Crippen LogP) is 13.9. The molecule has 1 N–H and O–H groups in total. The van der Waals surface area contributed by atoms with Gasteiger partial charge in [0.25, 0.3) is 0 Å². The first-order valence-corrected chi connectivity index (χ1v) is 17.3. The second-order valence-corrected chi connectivity index (χ2v) is 13.8. The van der Waals surface area contributed by atoms with Crippen LogP contribution in [0.5, 0.6) is 0 Å². The van der Waals surface area contributed by atoms with Gasteiger partial charge in [-0.1, -0.05) is 119 Å². The van der Waals surface area contributed by atoms with Crippen LogP contribution in [0.3, 0.4) is 0 Å². The minimum Gasteiger partial charge on any atom is -0.454 e. The summed E-state index contributed by atoms with van der Waals surface area (Å²) in [5, 5.41) is 13.8. The molecule has 0 aliphatic rings. The smallest absolute Gasteiger partial charge is 0.159 e. The lowest BCUT2D eigenvalue weighted by atomic mass is 9.84. The number of rotatable bonds is 7. The van der Waals surface area contributed by atoms with Crippen molar-refractivity contribution in [2.75, 3.05) is 10.2 Å². The average molecular weight is 635 g/mol. The van der Waals surface area contributed by atoms with Crippen LogP contribution in [0.4, 0.5) is 28.4 Å². The van der Waals surface area contributed by atoms with Crippen molar-refractivity contribution in [1.29, 1.82) is 0 Å². The number of anilines is 5. The number of furan rings is 1. The van der Waals surface area contributed by atoms with Crippen molar-refractivity contribution in [2.24, 2.45) is 0 Å². The molecule has 9 aromatic rings. The van der Waals surface area contributed by atoms with Gasteiger partial charge in [0.15, 0.2) is 5.58 Å². The van der Waals surface area contributed by atoms with Gasteiger partial charge in [-0.15, -0.1) is 0 Å². The minimum absolute atomic E-state index is 0.314. The molecular formula is C46H38N2O. The van der Waals surface area contributed by atoms with Crippen LogP contribution in [-0.4, -0.2) is 0 Å². The van der Waals surface area contributed by atoms with Gasteiger partial charge in [0.2, 0.25) is 0 Å². The number of nitrogens with zero attached hydrogens (tertiary/aromatic N) is 1. The van der Waals surface area contributed by atoms with Gasteiger partial charge in [0, 0.05) is 38.6 Å². The Morgan fingerprint density at radius 1 is 0.490 bits per heavy atom. The highest BCUT2D eigenvalue weighted by atomic mass is 16.3. The van der Waals surface area contributed by atoms with Gasteiger partial charge in [-0.2, -0.15) is 0 Å². The second-order valence-electron chi connectivity index (χ2n) is 13.8. The van der Waals surface area contributed by atoms with Crippen LogP contribution >= 0.6 is 0 Å². The molecule has 0 aliphatic carbocycles. The Labute approximate surface area is 286 Å². The molecule has 49 heavy (non-hydrogen) atoms. The third-order valence-electron chi connectivity index (χ3n) is 10.1. The highest BCUT2D eigenvalue weighted by Gasteiger charge is 2.25. The van der Waals surface area contributed by atoms with Crippen LogP contribution < -0.4 is 10.2 Å². The van der Waals surface area contributed by atoms with Crippen molar-refractivity contribution in [3.05, 3.63) is 151 Å². The van der Waals surface area contributed by atoms with E-state index in [1.54, 1.807) is 0 Å². The lowest BCUT2D eigenvalue weighted by Gasteiger charge is -2.30. The molecule has 0 fully saturated rings. The highest BCUT2D eigenvalue weighted by Crippen LogP contribution is 2.50. The fourth-order valence-electron chi connectivity index (χ4n) is 7.84. The first-order chi connectivity index (χ1) is 24.0. The van der Waals surface area contributed by atoms with E-state index >= 15 is 0 Å². The summed E-state index contributed by atoms with van der Waals surface area (Å²) < 4.78 is 6.67. The normalized spacial score (nSPS) is 12.0. The van der Waals surface area contributed by atoms with E-state index in [4.69, 9.17) is 4.42 Å². The van der Waals surface area contributed by atoms with Crippen LogP contribution in [0.1, 0.15) is 50.7 Å². The zero-order valence-electron chi connectivity index (χ0n) is 28.3. The largest absolute Gasteiger partial charge is 0.454 e. The van der Waals surface area contributed by atoms with Gasteiger partial charge in [-0.25, -0.2) is 0 Å².